The van der Waals surface area contributed by atoms with Crippen LogP contribution in [-0.2, 0) is 16.0 Å². The molecule has 0 saturated carbocycles. The first-order valence-corrected chi connectivity index (χ1v) is 11.2. The average Bonchev–Trinajstić information content (AvgIpc) is 3.06. The van der Waals surface area contributed by atoms with Crippen LogP contribution in [0.5, 0.6) is 5.88 Å². The molecule has 0 amide bonds. The number of aromatic hydroxyl groups is 1. The average molecular weight is 450 g/mol. The Morgan fingerprint density at radius 1 is 1.10 bits per heavy atom. The monoisotopic (exact) mass is 450 g/mol. The quantitative estimate of drug-likeness (QED) is 0.620. The topological polar surface area (TPSA) is 88.7 Å². The number of aromatic nitrogens is 1. The Morgan fingerprint density at radius 2 is 1.81 bits per heavy atom. The second-order valence-corrected chi connectivity index (χ2v) is 9.54. The lowest BCUT2D eigenvalue weighted by Crippen LogP contribution is -2.21. The van der Waals surface area contributed by atoms with Gasteiger partial charge in [-0.25, -0.2) is 13.0 Å². The van der Waals surface area contributed by atoms with E-state index in [1.807, 2.05) is 0 Å². The van der Waals surface area contributed by atoms with E-state index in [1.54, 1.807) is 18.2 Å². The van der Waals surface area contributed by atoms with Gasteiger partial charge in [-0.15, -0.1) is 0 Å². The van der Waals surface area contributed by atoms with Gasteiger partial charge >= 0.3 is 6.18 Å². The van der Waals surface area contributed by atoms with Crippen molar-refractivity contribution in [2.75, 3.05) is 11.5 Å². The van der Waals surface area contributed by atoms with Crippen molar-refractivity contribution in [2.24, 2.45) is 4.99 Å². The fraction of sp³-hybridized carbons (Fsp3) is 0.238. The van der Waals surface area contributed by atoms with Gasteiger partial charge in [0.05, 0.1) is 34.4 Å². The normalized spacial score (nSPS) is 18.7. The molecular weight excluding hydrogens is 433 g/mol. The second-order valence-electron chi connectivity index (χ2n) is 7.31. The highest BCUT2D eigenvalue weighted by molar-refractivity contribution is 7.91. The Labute approximate surface area is 175 Å². The minimum atomic E-state index is -4.62. The molecule has 1 aromatic heterocycles. The van der Waals surface area contributed by atoms with Crippen LogP contribution in [0.2, 0.25) is 0 Å². The van der Waals surface area contributed by atoms with Crippen molar-refractivity contribution < 1.29 is 26.7 Å². The molecule has 0 aliphatic carbocycles. The third-order valence-electron chi connectivity index (χ3n) is 5.16. The number of rotatable bonds is 3. The SMILES string of the molecule is O=c1c2ccccc2c(C=N[C@H]2CCS(=O)(=O)C2)c(O)n1-c1cccc(C(F)(F)F)c1. The molecule has 1 fully saturated rings. The molecular formula is C21H17F3N2O4S. The molecule has 1 aliphatic heterocycles. The third-order valence-corrected chi connectivity index (χ3v) is 6.91. The number of fused-ring (bicyclic) bond motifs is 1. The first-order valence-electron chi connectivity index (χ1n) is 9.35. The van der Waals surface area contributed by atoms with Gasteiger partial charge in [0, 0.05) is 17.0 Å². The molecule has 31 heavy (non-hydrogen) atoms. The number of hydrogen-bond donors (Lipinski definition) is 1. The highest BCUT2D eigenvalue weighted by atomic mass is 32.2. The summed E-state index contributed by atoms with van der Waals surface area (Å²) in [6.07, 6.45) is -3.00. The van der Waals surface area contributed by atoms with Crippen molar-refractivity contribution in [3.63, 3.8) is 0 Å². The van der Waals surface area contributed by atoms with Crippen molar-refractivity contribution in [3.05, 3.63) is 70.0 Å². The van der Waals surface area contributed by atoms with Crippen LogP contribution in [0, 0.1) is 0 Å². The van der Waals surface area contributed by atoms with E-state index in [2.05, 4.69) is 4.99 Å². The summed E-state index contributed by atoms with van der Waals surface area (Å²) >= 11 is 0. The summed E-state index contributed by atoms with van der Waals surface area (Å²) in [6, 6.07) is 9.92. The molecule has 1 aliphatic rings. The number of sulfone groups is 1. The lowest BCUT2D eigenvalue weighted by Gasteiger charge is -2.15. The summed E-state index contributed by atoms with van der Waals surface area (Å²) in [4.78, 5) is 17.3. The maximum atomic E-state index is 13.2. The molecule has 3 aromatic rings. The Kier molecular flexibility index (Phi) is 5.12. The van der Waals surface area contributed by atoms with E-state index in [-0.39, 0.29) is 28.1 Å². The summed E-state index contributed by atoms with van der Waals surface area (Å²) in [5, 5.41) is 11.4. The zero-order chi connectivity index (χ0) is 22.4. The number of aliphatic imine (C=N–C) groups is 1. The van der Waals surface area contributed by atoms with Gasteiger partial charge in [0.1, 0.15) is 0 Å². The molecule has 0 bridgehead atoms. The molecule has 0 spiro atoms. The molecule has 2 heterocycles. The van der Waals surface area contributed by atoms with E-state index in [0.29, 0.717) is 11.8 Å². The zero-order valence-corrected chi connectivity index (χ0v) is 16.8. The highest BCUT2D eigenvalue weighted by Gasteiger charge is 2.31. The maximum absolute atomic E-state index is 13.2. The number of hydrogen-bond acceptors (Lipinski definition) is 5. The lowest BCUT2D eigenvalue weighted by atomic mass is 10.1. The van der Waals surface area contributed by atoms with E-state index in [0.717, 1.165) is 22.8 Å². The Morgan fingerprint density at radius 3 is 2.45 bits per heavy atom. The van der Waals surface area contributed by atoms with E-state index >= 15 is 0 Å². The minimum absolute atomic E-state index is 0.0193. The van der Waals surface area contributed by atoms with Gasteiger partial charge in [0.2, 0.25) is 5.88 Å². The van der Waals surface area contributed by atoms with Crippen molar-refractivity contribution in [2.45, 2.75) is 18.6 Å². The Bertz CT molecular complexity index is 1360. The van der Waals surface area contributed by atoms with Crippen LogP contribution in [0.4, 0.5) is 13.2 Å². The molecule has 1 N–H and O–H groups in total. The third kappa shape index (κ3) is 4.07. The Balaban J connectivity index is 1.91. The maximum Gasteiger partial charge on any atom is 0.416 e. The van der Waals surface area contributed by atoms with Gasteiger partial charge in [0.15, 0.2) is 9.84 Å². The van der Waals surface area contributed by atoms with Crippen LogP contribution in [0.25, 0.3) is 16.5 Å². The number of nitrogens with zero attached hydrogens (tertiary/aromatic N) is 2. The molecule has 162 valence electrons. The van der Waals surface area contributed by atoms with Crippen LogP contribution in [0.15, 0.2) is 58.3 Å². The standard InChI is InChI=1S/C21H17F3N2O4S/c22-21(23,24)13-4-3-5-15(10-13)26-19(27)17-7-2-1-6-16(17)18(20(26)28)11-25-14-8-9-31(29,30)12-14/h1-7,10-11,14,28H,8-9,12H2/t14-/m0/s1. The summed E-state index contributed by atoms with van der Waals surface area (Å²) in [5.41, 5.74) is -1.68. The summed E-state index contributed by atoms with van der Waals surface area (Å²) in [6.45, 7) is 0. The molecule has 4 rings (SSSR count). The van der Waals surface area contributed by atoms with E-state index in [9.17, 15) is 31.5 Å². The molecule has 10 heteroatoms. The van der Waals surface area contributed by atoms with Crippen LogP contribution < -0.4 is 5.56 Å². The number of pyridine rings is 1. The summed E-state index contributed by atoms with van der Waals surface area (Å²) < 4.78 is 63.6. The van der Waals surface area contributed by atoms with Crippen molar-refractivity contribution in [3.8, 4) is 11.6 Å². The fourth-order valence-electron chi connectivity index (χ4n) is 3.62. The van der Waals surface area contributed by atoms with Gasteiger partial charge in [-0.05, 0) is 30.7 Å². The van der Waals surface area contributed by atoms with Crippen LogP contribution in [0.3, 0.4) is 0 Å². The van der Waals surface area contributed by atoms with Gasteiger partial charge in [-0.2, -0.15) is 13.2 Å². The van der Waals surface area contributed by atoms with Crippen LogP contribution in [0.1, 0.15) is 17.5 Å². The van der Waals surface area contributed by atoms with E-state index in [1.165, 1.54) is 18.3 Å². The largest absolute Gasteiger partial charge is 0.494 e. The lowest BCUT2D eigenvalue weighted by molar-refractivity contribution is -0.137. The van der Waals surface area contributed by atoms with Crippen molar-refractivity contribution in [1.29, 1.82) is 0 Å². The predicted molar refractivity (Wildman–Crippen MR) is 111 cm³/mol. The van der Waals surface area contributed by atoms with E-state index < -0.39 is 39.1 Å². The van der Waals surface area contributed by atoms with Crippen LogP contribution >= 0.6 is 0 Å². The van der Waals surface area contributed by atoms with Gasteiger partial charge in [0.25, 0.3) is 5.56 Å². The van der Waals surface area contributed by atoms with Gasteiger partial charge in [-0.3, -0.25) is 9.79 Å². The molecule has 2 aromatic carbocycles. The fourth-order valence-corrected chi connectivity index (χ4v) is 5.26. The zero-order valence-electron chi connectivity index (χ0n) is 16.0. The molecule has 1 atom stereocenters. The highest BCUT2D eigenvalue weighted by Crippen LogP contribution is 2.32. The van der Waals surface area contributed by atoms with Gasteiger partial charge in [-0.1, -0.05) is 24.3 Å². The summed E-state index contributed by atoms with van der Waals surface area (Å²) in [7, 11) is -3.17. The smallest absolute Gasteiger partial charge is 0.416 e. The minimum Gasteiger partial charge on any atom is -0.494 e. The predicted octanol–water partition coefficient (Wildman–Crippen LogP) is 3.32. The Hall–Kier alpha value is -3.14. The molecule has 0 radical (unpaired) electrons. The number of alkyl halides is 3. The summed E-state index contributed by atoms with van der Waals surface area (Å²) in [5.74, 6) is -0.673. The molecule has 0 unspecified atom stereocenters. The first-order chi connectivity index (χ1) is 14.6. The van der Waals surface area contributed by atoms with Crippen LogP contribution in [-0.4, -0.2) is 41.9 Å². The number of halogens is 3. The van der Waals surface area contributed by atoms with E-state index in [4.69, 9.17) is 0 Å². The second kappa shape index (κ2) is 7.52. The molecule has 6 nitrogen and oxygen atoms in total. The van der Waals surface area contributed by atoms with Crippen molar-refractivity contribution in [1.82, 2.24) is 4.57 Å². The van der Waals surface area contributed by atoms with Gasteiger partial charge < -0.3 is 5.11 Å². The first kappa shape index (κ1) is 21.1. The number of benzene rings is 2. The molecule has 1 saturated heterocycles. The van der Waals surface area contributed by atoms with Crippen molar-refractivity contribution >= 4 is 26.8 Å².